The predicted molar refractivity (Wildman–Crippen MR) is 59.1 cm³/mol. The molecule has 0 saturated heterocycles. The molecule has 0 unspecified atom stereocenters. The molecular weight excluding hydrogens is 208 g/mol. The van der Waals surface area contributed by atoms with Crippen LogP contribution in [0.15, 0.2) is 24.3 Å². The summed E-state index contributed by atoms with van der Waals surface area (Å²) < 4.78 is 0. The number of nitrogens with one attached hydrogen (secondary N) is 2. The zero-order chi connectivity index (χ0) is 12.0. The number of amides is 2. The van der Waals surface area contributed by atoms with Gasteiger partial charge in [0.2, 0.25) is 0 Å². The van der Waals surface area contributed by atoms with Gasteiger partial charge in [-0.1, -0.05) is 24.3 Å². The number of carboxylic acids is 1. The maximum atomic E-state index is 11.1. The molecule has 0 saturated carbocycles. The van der Waals surface area contributed by atoms with E-state index >= 15 is 0 Å². The second-order valence-electron chi connectivity index (χ2n) is 3.36. The standard InChI is InChI=1S/C11H14N2O3/c1-8-4-2-3-5-9(8)6-12-11(16)13-7-10(14)15/h2-5H,6-7H2,1H3,(H,14,15)(H2,12,13,16). The first-order valence-corrected chi connectivity index (χ1v) is 4.87. The lowest BCUT2D eigenvalue weighted by Gasteiger charge is -2.07. The quantitative estimate of drug-likeness (QED) is 0.707. The molecule has 16 heavy (non-hydrogen) atoms. The number of benzene rings is 1. The highest BCUT2D eigenvalue weighted by atomic mass is 16.4. The molecule has 0 radical (unpaired) electrons. The fraction of sp³-hybridized carbons (Fsp3) is 0.273. The molecule has 0 aromatic heterocycles. The number of rotatable bonds is 4. The molecule has 0 atom stereocenters. The third-order valence-electron chi connectivity index (χ3n) is 2.10. The van der Waals surface area contributed by atoms with Crippen molar-refractivity contribution in [2.45, 2.75) is 13.5 Å². The fourth-order valence-corrected chi connectivity index (χ4v) is 1.20. The minimum Gasteiger partial charge on any atom is -0.480 e. The largest absolute Gasteiger partial charge is 0.480 e. The van der Waals surface area contributed by atoms with Crippen LogP contribution in [0.25, 0.3) is 0 Å². The Morgan fingerprint density at radius 3 is 2.56 bits per heavy atom. The van der Waals surface area contributed by atoms with Gasteiger partial charge in [0.15, 0.2) is 0 Å². The van der Waals surface area contributed by atoms with Gasteiger partial charge in [0.05, 0.1) is 0 Å². The molecule has 0 heterocycles. The first-order chi connectivity index (χ1) is 7.59. The summed E-state index contributed by atoms with van der Waals surface area (Å²) in [6.07, 6.45) is 0. The lowest BCUT2D eigenvalue weighted by atomic mass is 10.1. The Hall–Kier alpha value is -2.04. The monoisotopic (exact) mass is 222 g/mol. The molecule has 1 aromatic rings. The van der Waals surface area contributed by atoms with Gasteiger partial charge in [0.25, 0.3) is 0 Å². The first kappa shape index (κ1) is 12.0. The third kappa shape index (κ3) is 4.00. The maximum absolute atomic E-state index is 11.1. The molecule has 5 nitrogen and oxygen atoms in total. The summed E-state index contributed by atoms with van der Waals surface area (Å²) in [5.74, 6) is -1.06. The van der Waals surface area contributed by atoms with Crippen molar-refractivity contribution in [1.29, 1.82) is 0 Å². The summed E-state index contributed by atoms with van der Waals surface area (Å²) in [6, 6.07) is 7.19. The van der Waals surface area contributed by atoms with Crippen molar-refractivity contribution in [3.05, 3.63) is 35.4 Å². The number of hydrogen-bond donors (Lipinski definition) is 3. The van der Waals surface area contributed by atoms with Crippen molar-refractivity contribution in [2.75, 3.05) is 6.54 Å². The van der Waals surface area contributed by atoms with Crippen LogP contribution < -0.4 is 10.6 Å². The highest BCUT2D eigenvalue weighted by Gasteiger charge is 2.03. The lowest BCUT2D eigenvalue weighted by molar-refractivity contribution is -0.135. The van der Waals surface area contributed by atoms with Gasteiger partial charge in [-0.2, -0.15) is 0 Å². The first-order valence-electron chi connectivity index (χ1n) is 4.87. The Kier molecular flexibility index (Phi) is 4.32. The molecule has 0 aliphatic carbocycles. The van der Waals surface area contributed by atoms with Gasteiger partial charge in [-0.3, -0.25) is 4.79 Å². The molecule has 1 rings (SSSR count). The van der Waals surface area contributed by atoms with Crippen LogP contribution in [0.5, 0.6) is 0 Å². The van der Waals surface area contributed by atoms with Crippen molar-refractivity contribution in [2.24, 2.45) is 0 Å². The van der Waals surface area contributed by atoms with Crippen LogP contribution in [0.3, 0.4) is 0 Å². The summed E-state index contributed by atoms with van der Waals surface area (Å²) in [5.41, 5.74) is 2.09. The van der Waals surface area contributed by atoms with Gasteiger partial charge in [-0.15, -0.1) is 0 Å². The molecule has 5 heteroatoms. The average molecular weight is 222 g/mol. The molecule has 0 spiro atoms. The number of aliphatic carboxylic acids is 1. The van der Waals surface area contributed by atoms with Gasteiger partial charge in [-0.25, -0.2) is 4.79 Å². The smallest absolute Gasteiger partial charge is 0.323 e. The number of hydrogen-bond acceptors (Lipinski definition) is 2. The van der Waals surface area contributed by atoms with E-state index in [1.165, 1.54) is 0 Å². The van der Waals surface area contributed by atoms with Crippen LogP contribution in [0, 0.1) is 6.92 Å². The van der Waals surface area contributed by atoms with Crippen molar-refractivity contribution in [1.82, 2.24) is 10.6 Å². The van der Waals surface area contributed by atoms with E-state index in [-0.39, 0.29) is 6.54 Å². The fourth-order valence-electron chi connectivity index (χ4n) is 1.20. The number of carboxylic acid groups (broad SMARTS) is 1. The van der Waals surface area contributed by atoms with Crippen molar-refractivity contribution in [3.63, 3.8) is 0 Å². The topological polar surface area (TPSA) is 78.4 Å². The van der Waals surface area contributed by atoms with Gasteiger partial charge >= 0.3 is 12.0 Å². The van der Waals surface area contributed by atoms with Crippen LogP contribution in [-0.2, 0) is 11.3 Å². The summed E-state index contributed by atoms with van der Waals surface area (Å²) in [6.45, 7) is 1.96. The molecule has 0 aliphatic heterocycles. The second-order valence-corrected chi connectivity index (χ2v) is 3.36. The minimum absolute atomic E-state index is 0.375. The van der Waals surface area contributed by atoms with E-state index in [2.05, 4.69) is 10.6 Å². The van der Waals surface area contributed by atoms with Crippen molar-refractivity contribution < 1.29 is 14.7 Å². The van der Waals surface area contributed by atoms with E-state index in [9.17, 15) is 9.59 Å². The van der Waals surface area contributed by atoms with Crippen molar-refractivity contribution >= 4 is 12.0 Å². The minimum atomic E-state index is -1.06. The highest BCUT2D eigenvalue weighted by molar-refractivity contribution is 5.79. The molecule has 0 aliphatic rings. The van der Waals surface area contributed by atoms with Crippen LogP contribution in [0.2, 0.25) is 0 Å². The van der Waals surface area contributed by atoms with Crippen LogP contribution in [0.1, 0.15) is 11.1 Å². The lowest BCUT2D eigenvalue weighted by Crippen LogP contribution is -2.38. The van der Waals surface area contributed by atoms with Gasteiger partial charge < -0.3 is 15.7 Å². The Morgan fingerprint density at radius 2 is 1.94 bits per heavy atom. The molecular formula is C11H14N2O3. The average Bonchev–Trinajstić information content (AvgIpc) is 2.25. The number of urea groups is 1. The molecule has 0 fully saturated rings. The molecule has 3 N–H and O–H groups in total. The summed E-state index contributed by atoms with van der Waals surface area (Å²) in [5, 5.41) is 13.2. The Morgan fingerprint density at radius 1 is 1.25 bits per heavy atom. The van der Waals surface area contributed by atoms with E-state index in [1.54, 1.807) is 0 Å². The summed E-state index contributed by atoms with van der Waals surface area (Å²) in [4.78, 5) is 21.3. The Labute approximate surface area is 93.5 Å². The number of carbonyl (C=O) groups is 2. The zero-order valence-electron chi connectivity index (χ0n) is 8.99. The van der Waals surface area contributed by atoms with E-state index < -0.39 is 12.0 Å². The predicted octanol–water partition coefficient (Wildman–Crippen LogP) is 0.879. The van der Waals surface area contributed by atoms with E-state index in [0.29, 0.717) is 6.54 Å². The zero-order valence-corrected chi connectivity index (χ0v) is 8.99. The Balaban J connectivity index is 2.37. The van der Waals surface area contributed by atoms with E-state index in [4.69, 9.17) is 5.11 Å². The molecule has 86 valence electrons. The second kappa shape index (κ2) is 5.75. The van der Waals surface area contributed by atoms with E-state index in [1.807, 2.05) is 31.2 Å². The van der Waals surface area contributed by atoms with Crippen LogP contribution in [0.4, 0.5) is 4.79 Å². The maximum Gasteiger partial charge on any atom is 0.323 e. The van der Waals surface area contributed by atoms with Gasteiger partial charge in [0, 0.05) is 6.54 Å². The SMILES string of the molecule is Cc1ccccc1CNC(=O)NCC(=O)O. The van der Waals surface area contributed by atoms with Crippen molar-refractivity contribution in [3.8, 4) is 0 Å². The summed E-state index contributed by atoms with van der Waals surface area (Å²) in [7, 11) is 0. The van der Waals surface area contributed by atoms with Gasteiger partial charge in [0.1, 0.15) is 6.54 Å². The van der Waals surface area contributed by atoms with Gasteiger partial charge in [-0.05, 0) is 18.1 Å². The number of carbonyl (C=O) groups excluding carboxylic acids is 1. The highest BCUT2D eigenvalue weighted by Crippen LogP contribution is 2.05. The van der Waals surface area contributed by atoms with E-state index in [0.717, 1.165) is 11.1 Å². The normalized spacial score (nSPS) is 9.56. The molecule has 1 aromatic carbocycles. The molecule has 0 bridgehead atoms. The number of aryl methyl sites for hydroxylation is 1. The van der Waals surface area contributed by atoms with Crippen LogP contribution >= 0.6 is 0 Å². The third-order valence-corrected chi connectivity index (χ3v) is 2.10. The van der Waals surface area contributed by atoms with Crippen LogP contribution in [-0.4, -0.2) is 23.7 Å². The Bertz CT molecular complexity index is 391. The summed E-state index contributed by atoms with van der Waals surface area (Å²) >= 11 is 0. The molecule has 2 amide bonds.